The second kappa shape index (κ2) is 4.52. The first-order valence-electron chi connectivity index (χ1n) is 5.39. The average Bonchev–Trinajstić information content (AvgIpc) is 2.37. The Morgan fingerprint density at radius 2 is 2.05 bits per heavy atom. The lowest BCUT2D eigenvalue weighted by molar-refractivity contribution is -0.384. The zero-order valence-corrected chi connectivity index (χ0v) is 10.2. The molecule has 1 aromatic heterocycles. The van der Waals surface area contributed by atoms with Crippen molar-refractivity contribution in [1.82, 2.24) is 5.32 Å². The summed E-state index contributed by atoms with van der Waals surface area (Å²) in [6, 6.07) is 3.86. The molecule has 2 aromatic rings. The van der Waals surface area contributed by atoms with Gasteiger partial charge in [-0.3, -0.25) is 14.9 Å². The SMILES string of the molecule is CNC(=O)c1cc2cc([N+](=O)[O-])cc(C)c2oc1=O. The minimum atomic E-state index is -0.774. The minimum absolute atomic E-state index is 0.123. The van der Waals surface area contributed by atoms with Crippen molar-refractivity contribution in [1.29, 1.82) is 0 Å². The molecule has 1 N–H and O–H groups in total. The van der Waals surface area contributed by atoms with Crippen LogP contribution in [0.2, 0.25) is 0 Å². The van der Waals surface area contributed by atoms with Gasteiger partial charge in [0.1, 0.15) is 11.1 Å². The van der Waals surface area contributed by atoms with Gasteiger partial charge < -0.3 is 9.73 Å². The Morgan fingerprint density at radius 3 is 2.63 bits per heavy atom. The molecule has 0 bridgehead atoms. The van der Waals surface area contributed by atoms with Crippen LogP contribution in [0, 0.1) is 17.0 Å². The number of hydrogen-bond acceptors (Lipinski definition) is 5. The number of amides is 1. The van der Waals surface area contributed by atoms with Crippen molar-refractivity contribution in [2.24, 2.45) is 0 Å². The number of aryl methyl sites for hydroxylation is 1. The quantitative estimate of drug-likeness (QED) is 0.500. The first-order valence-corrected chi connectivity index (χ1v) is 5.39. The molecule has 0 saturated heterocycles. The zero-order valence-electron chi connectivity index (χ0n) is 10.2. The summed E-state index contributed by atoms with van der Waals surface area (Å²) in [5.74, 6) is -0.597. The van der Waals surface area contributed by atoms with E-state index < -0.39 is 16.5 Å². The van der Waals surface area contributed by atoms with Crippen molar-refractivity contribution < 1.29 is 14.1 Å². The number of nitrogens with zero attached hydrogens (tertiary/aromatic N) is 1. The Balaban J connectivity index is 2.80. The molecule has 0 atom stereocenters. The molecule has 1 amide bonds. The monoisotopic (exact) mass is 262 g/mol. The molecule has 2 rings (SSSR count). The molecule has 19 heavy (non-hydrogen) atoms. The molecular weight excluding hydrogens is 252 g/mol. The second-order valence-electron chi connectivity index (χ2n) is 3.96. The topological polar surface area (TPSA) is 102 Å². The van der Waals surface area contributed by atoms with Crippen LogP contribution in [0.5, 0.6) is 0 Å². The Hall–Kier alpha value is -2.70. The van der Waals surface area contributed by atoms with Crippen LogP contribution < -0.4 is 10.9 Å². The maximum Gasteiger partial charge on any atom is 0.349 e. The summed E-state index contributed by atoms with van der Waals surface area (Å²) in [5.41, 5.74) is -0.381. The zero-order chi connectivity index (χ0) is 14.2. The number of carbonyl (C=O) groups excluding carboxylic acids is 1. The molecule has 1 heterocycles. The van der Waals surface area contributed by atoms with E-state index in [1.54, 1.807) is 6.92 Å². The van der Waals surface area contributed by atoms with E-state index in [9.17, 15) is 19.7 Å². The molecule has 98 valence electrons. The Kier molecular flexibility index (Phi) is 3.04. The number of nitrogens with one attached hydrogen (secondary N) is 1. The molecule has 0 fully saturated rings. The summed E-state index contributed by atoms with van der Waals surface area (Å²) in [4.78, 5) is 33.3. The summed E-state index contributed by atoms with van der Waals surface area (Å²) in [6.45, 7) is 1.60. The van der Waals surface area contributed by atoms with E-state index in [4.69, 9.17) is 4.42 Å². The number of rotatable bonds is 2. The largest absolute Gasteiger partial charge is 0.422 e. The van der Waals surface area contributed by atoms with Gasteiger partial charge in [0.25, 0.3) is 11.6 Å². The lowest BCUT2D eigenvalue weighted by Gasteiger charge is -2.03. The lowest BCUT2D eigenvalue weighted by Crippen LogP contribution is -2.24. The van der Waals surface area contributed by atoms with E-state index in [2.05, 4.69) is 5.32 Å². The molecule has 7 nitrogen and oxygen atoms in total. The van der Waals surface area contributed by atoms with E-state index in [-0.39, 0.29) is 16.8 Å². The van der Waals surface area contributed by atoms with Gasteiger partial charge in [-0.2, -0.15) is 0 Å². The fourth-order valence-corrected chi connectivity index (χ4v) is 1.79. The molecule has 7 heteroatoms. The highest BCUT2D eigenvalue weighted by Crippen LogP contribution is 2.24. The highest BCUT2D eigenvalue weighted by molar-refractivity contribution is 5.97. The number of benzene rings is 1. The van der Waals surface area contributed by atoms with Crippen molar-refractivity contribution in [3.05, 3.63) is 49.9 Å². The van der Waals surface area contributed by atoms with Crippen LogP contribution in [0.25, 0.3) is 11.0 Å². The standard InChI is InChI=1S/C12H10N2O5/c1-6-3-8(14(17)18)4-7-5-9(11(15)13-2)12(16)19-10(6)7/h3-5H,1-2H3,(H,13,15). The predicted molar refractivity (Wildman–Crippen MR) is 67.3 cm³/mol. The minimum Gasteiger partial charge on any atom is -0.422 e. The number of nitro benzene ring substituents is 1. The molecule has 0 aliphatic heterocycles. The number of carbonyl (C=O) groups is 1. The van der Waals surface area contributed by atoms with Gasteiger partial charge in [-0.1, -0.05) is 0 Å². The van der Waals surface area contributed by atoms with E-state index in [0.29, 0.717) is 10.9 Å². The Morgan fingerprint density at radius 1 is 1.37 bits per heavy atom. The van der Waals surface area contributed by atoms with Crippen molar-refractivity contribution in [2.45, 2.75) is 6.92 Å². The number of fused-ring (bicyclic) bond motifs is 1. The molecule has 0 aliphatic rings. The summed E-state index contributed by atoms with van der Waals surface area (Å²) in [7, 11) is 1.38. The number of non-ortho nitro benzene ring substituents is 1. The molecule has 0 unspecified atom stereocenters. The average molecular weight is 262 g/mol. The van der Waals surface area contributed by atoms with Crippen LogP contribution >= 0.6 is 0 Å². The van der Waals surface area contributed by atoms with Crippen LogP contribution in [-0.4, -0.2) is 17.9 Å². The second-order valence-corrected chi connectivity index (χ2v) is 3.96. The third-order valence-electron chi connectivity index (χ3n) is 2.69. The molecule has 0 spiro atoms. The smallest absolute Gasteiger partial charge is 0.349 e. The number of hydrogen-bond donors (Lipinski definition) is 1. The van der Waals surface area contributed by atoms with Crippen molar-refractivity contribution in [3.8, 4) is 0 Å². The third-order valence-corrected chi connectivity index (χ3v) is 2.69. The Bertz CT molecular complexity index is 748. The lowest BCUT2D eigenvalue weighted by atomic mass is 10.1. The van der Waals surface area contributed by atoms with Gasteiger partial charge >= 0.3 is 5.63 Å². The maximum atomic E-state index is 11.6. The van der Waals surface area contributed by atoms with Gasteiger partial charge in [0.2, 0.25) is 0 Å². The highest BCUT2D eigenvalue weighted by atomic mass is 16.6. The Labute approximate surface area is 107 Å². The molecule has 0 radical (unpaired) electrons. The molecule has 1 aromatic carbocycles. The van der Waals surface area contributed by atoms with Gasteiger partial charge in [-0.15, -0.1) is 0 Å². The van der Waals surface area contributed by atoms with Crippen molar-refractivity contribution >= 4 is 22.6 Å². The van der Waals surface area contributed by atoms with Crippen molar-refractivity contribution in [2.75, 3.05) is 7.05 Å². The molecule has 0 saturated carbocycles. The van der Waals surface area contributed by atoms with Gasteiger partial charge in [0.15, 0.2) is 0 Å². The first-order chi connectivity index (χ1) is 8.93. The summed E-state index contributed by atoms with van der Waals surface area (Å²) in [6.07, 6.45) is 0. The third kappa shape index (κ3) is 2.17. The normalized spacial score (nSPS) is 10.4. The van der Waals surface area contributed by atoms with Gasteiger partial charge in [-0.05, 0) is 18.6 Å². The van der Waals surface area contributed by atoms with Gasteiger partial charge in [0.05, 0.1) is 4.92 Å². The van der Waals surface area contributed by atoms with E-state index in [1.807, 2.05) is 0 Å². The fourth-order valence-electron chi connectivity index (χ4n) is 1.79. The fraction of sp³-hybridized carbons (Fsp3) is 0.167. The number of nitro groups is 1. The first kappa shape index (κ1) is 12.7. The molecular formula is C12H10N2O5. The van der Waals surface area contributed by atoms with Crippen LogP contribution in [0.15, 0.2) is 27.4 Å². The van der Waals surface area contributed by atoms with Crippen LogP contribution in [0.1, 0.15) is 15.9 Å². The van der Waals surface area contributed by atoms with E-state index in [0.717, 1.165) is 0 Å². The van der Waals surface area contributed by atoms with Crippen molar-refractivity contribution in [3.63, 3.8) is 0 Å². The van der Waals surface area contributed by atoms with E-state index >= 15 is 0 Å². The van der Waals surface area contributed by atoms with Crippen LogP contribution in [0.3, 0.4) is 0 Å². The summed E-state index contributed by atoms with van der Waals surface area (Å²) < 4.78 is 5.04. The molecule has 0 aliphatic carbocycles. The summed E-state index contributed by atoms with van der Waals surface area (Å²) in [5, 5.41) is 13.4. The summed E-state index contributed by atoms with van der Waals surface area (Å²) >= 11 is 0. The predicted octanol–water partition coefficient (Wildman–Crippen LogP) is 1.37. The highest BCUT2D eigenvalue weighted by Gasteiger charge is 2.16. The van der Waals surface area contributed by atoms with Gasteiger partial charge in [0, 0.05) is 24.6 Å². The van der Waals surface area contributed by atoms with Crippen LogP contribution in [0.4, 0.5) is 5.69 Å². The van der Waals surface area contributed by atoms with Gasteiger partial charge in [-0.25, -0.2) is 4.79 Å². The maximum absolute atomic E-state index is 11.6. The van der Waals surface area contributed by atoms with E-state index in [1.165, 1.54) is 25.2 Å². The van der Waals surface area contributed by atoms with Crippen LogP contribution in [-0.2, 0) is 0 Å².